The molecule has 0 saturated heterocycles. The lowest BCUT2D eigenvalue weighted by Crippen LogP contribution is -2.38. The van der Waals surface area contributed by atoms with Gasteiger partial charge in [0.05, 0.1) is 17.8 Å². The van der Waals surface area contributed by atoms with Crippen molar-refractivity contribution in [2.45, 2.75) is 45.4 Å². The fraction of sp³-hybridized carbons (Fsp3) is 0.522. The molecule has 0 radical (unpaired) electrons. The van der Waals surface area contributed by atoms with E-state index in [1.54, 1.807) is 13.0 Å². The highest BCUT2D eigenvalue weighted by atomic mass is 16.5. The first-order chi connectivity index (χ1) is 15.5. The molecule has 32 heavy (non-hydrogen) atoms. The van der Waals surface area contributed by atoms with Gasteiger partial charge in [-0.05, 0) is 61.8 Å². The van der Waals surface area contributed by atoms with Crippen molar-refractivity contribution in [1.82, 2.24) is 10.7 Å². The molecule has 1 saturated carbocycles. The van der Waals surface area contributed by atoms with Gasteiger partial charge in [0.25, 0.3) is 0 Å². The van der Waals surface area contributed by atoms with Crippen molar-refractivity contribution in [2.24, 2.45) is 16.4 Å². The Hall–Kier alpha value is -2.65. The van der Waals surface area contributed by atoms with Crippen LogP contribution in [0.15, 0.2) is 51.4 Å². The molecule has 3 N–H and O–H groups in total. The molecule has 168 valence electrons. The fourth-order valence-electron chi connectivity index (χ4n) is 5.29. The maximum absolute atomic E-state index is 12.7. The Balaban J connectivity index is 1.22. The number of hydrogen-bond donors (Lipinski definition) is 3. The first-order valence-corrected chi connectivity index (χ1v) is 11.4. The first-order valence-electron chi connectivity index (χ1n) is 11.4. The minimum absolute atomic E-state index is 0.0950. The number of rotatable bonds is 5. The van der Waals surface area contributed by atoms with Gasteiger partial charge in [0, 0.05) is 24.8 Å². The zero-order chi connectivity index (χ0) is 22.3. The third-order valence-corrected chi connectivity index (χ3v) is 7.03. The smallest absolute Gasteiger partial charge is 0.531 e. The molecule has 2 unspecified atom stereocenters. The molecule has 2 atom stereocenters. The second-order valence-electron chi connectivity index (χ2n) is 9.07. The van der Waals surface area contributed by atoms with Gasteiger partial charge in [0.2, 0.25) is 5.91 Å². The molecule has 2 aliphatic heterocycles. The monoisotopic (exact) mass is 437 g/mol. The fourth-order valence-corrected chi connectivity index (χ4v) is 5.29. The number of nitrogens with one attached hydrogen (secondary N) is 2. The minimum Gasteiger partial charge on any atom is -0.531 e. The summed E-state index contributed by atoms with van der Waals surface area (Å²) in [7, 11) is -1.31. The van der Waals surface area contributed by atoms with E-state index in [0.29, 0.717) is 48.5 Å². The van der Waals surface area contributed by atoms with Crippen LogP contribution in [0.5, 0.6) is 0 Å². The van der Waals surface area contributed by atoms with Gasteiger partial charge in [-0.15, -0.1) is 0 Å². The first kappa shape index (κ1) is 21.2. The number of allylic oxidation sites excluding steroid dienone is 4. The Morgan fingerprint density at radius 2 is 2.31 bits per heavy atom. The normalized spacial score (nSPS) is 29.6. The summed E-state index contributed by atoms with van der Waals surface area (Å²) >= 11 is 0. The van der Waals surface area contributed by atoms with E-state index in [2.05, 4.69) is 28.0 Å². The predicted molar refractivity (Wildman–Crippen MR) is 119 cm³/mol. The zero-order valence-electron chi connectivity index (χ0n) is 18.3. The molecule has 0 bridgehead atoms. The van der Waals surface area contributed by atoms with Crippen LogP contribution in [-0.4, -0.2) is 49.3 Å². The van der Waals surface area contributed by atoms with Gasteiger partial charge in [-0.25, -0.2) is 10.2 Å². The van der Waals surface area contributed by atoms with Gasteiger partial charge in [0.1, 0.15) is 5.76 Å². The maximum Gasteiger partial charge on any atom is 0.577 e. The van der Waals surface area contributed by atoms with E-state index in [4.69, 9.17) is 9.39 Å². The van der Waals surface area contributed by atoms with E-state index in [-0.39, 0.29) is 17.9 Å². The Labute approximate surface area is 187 Å². The van der Waals surface area contributed by atoms with Crippen LogP contribution in [0.4, 0.5) is 0 Å². The molecule has 8 nitrogen and oxygen atoms in total. The Morgan fingerprint density at radius 3 is 3.16 bits per heavy atom. The molecule has 9 heteroatoms. The van der Waals surface area contributed by atoms with Crippen LogP contribution in [0.1, 0.15) is 45.4 Å². The second kappa shape index (κ2) is 8.37. The molecule has 3 aliphatic carbocycles. The van der Waals surface area contributed by atoms with Crippen molar-refractivity contribution in [3.63, 3.8) is 0 Å². The molecule has 0 aromatic heterocycles. The number of hydrazone groups is 1. The molecule has 1 fully saturated rings. The Kier molecular flexibility index (Phi) is 5.55. The van der Waals surface area contributed by atoms with E-state index < -0.39 is 13.1 Å². The molecule has 1 amide bonds. The number of fused-ring (bicyclic) bond motifs is 2. The Morgan fingerprint density at radius 1 is 1.44 bits per heavy atom. The summed E-state index contributed by atoms with van der Waals surface area (Å²) < 4.78 is 10.7. The average Bonchev–Trinajstić information content (AvgIpc) is 3.52. The highest BCUT2D eigenvalue weighted by molar-refractivity contribution is 6.81. The van der Waals surface area contributed by atoms with E-state index in [0.717, 1.165) is 31.5 Å². The lowest BCUT2D eigenvalue weighted by atomic mass is 9.73. The number of esters is 1. The highest BCUT2D eigenvalue weighted by Crippen LogP contribution is 2.62. The predicted octanol–water partition coefficient (Wildman–Crippen LogP) is 1.69. The van der Waals surface area contributed by atoms with Crippen molar-refractivity contribution in [2.75, 3.05) is 19.7 Å². The maximum atomic E-state index is 12.7. The van der Waals surface area contributed by atoms with Crippen LogP contribution in [0.3, 0.4) is 0 Å². The zero-order valence-corrected chi connectivity index (χ0v) is 18.3. The van der Waals surface area contributed by atoms with Crippen LogP contribution in [0.2, 0.25) is 0 Å². The SMILES string of the molecule is CCOC(=O)C1=CCCC2=C1OB(O)/C(=N/NC(=O)CC13C=CC4=C(CNCC4)C1C3)C2. The van der Waals surface area contributed by atoms with Gasteiger partial charge in [0.15, 0.2) is 0 Å². The summed E-state index contributed by atoms with van der Waals surface area (Å²) in [5.41, 5.74) is 6.98. The summed E-state index contributed by atoms with van der Waals surface area (Å²) in [4.78, 5) is 24.8. The number of hydrogen-bond acceptors (Lipinski definition) is 7. The Bertz CT molecular complexity index is 1010. The number of amides is 1. The van der Waals surface area contributed by atoms with Crippen molar-refractivity contribution in [3.05, 3.63) is 46.3 Å². The molecule has 0 spiro atoms. The number of nitrogens with zero attached hydrogens (tertiary/aromatic N) is 1. The van der Waals surface area contributed by atoms with Gasteiger partial charge in [-0.2, -0.15) is 5.10 Å². The summed E-state index contributed by atoms with van der Waals surface area (Å²) in [6.45, 7) is 3.95. The van der Waals surface area contributed by atoms with Gasteiger partial charge in [-0.1, -0.05) is 18.2 Å². The largest absolute Gasteiger partial charge is 0.577 e. The summed E-state index contributed by atoms with van der Waals surface area (Å²) in [6.07, 6.45) is 10.4. The molecule has 5 aliphatic rings. The van der Waals surface area contributed by atoms with Crippen molar-refractivity contribution >= 4 is 24.6 Å². The molecule has 0 aromatic carbocycles. The van der Waals surface area contributed by atoms with Crippen molar-refractivity contribution in [3.8, 4) is 0 Å². The third kappa shape index (κ3) is 3.84. The number of ether oxygens (including phenoxy) is 1. The highest BCUT2D eigenvalue weighted by Gasteiger charge is 2.56. The quantitative estimate of drug-likeness (QED) is 0.343. The molecule has 2 heterocycles. The molecule has 0 aromatic rings. The lowest BCUT2D eigenvalue weighted by molar-refractivity contribution is -0.138. The van der Waals surface area contributed by atoms with E-state index in [9.17, 15) is 14.6 Å². The van der Waals surface area contributed by atoms with Crippen molar-refractivity contribution in [1.29, 1.82) is 0 Å². The van der Waals surface area contributed by atoms with Crippen LogP contribution in [0, 0.1) is 11.3 Å². The van der Waals surface area contributed by atoms with E-state index in [1.165, 1.54) is 11.1 Å². The molecule has 5 rings (SSSR count). The van der Waals surface area contributed by atoms with Gasteiger partial charge >= 0.3 is 13.1 Å². The molecular formula is C23H28BN3O5. The van der Waals surface area contributed by atoms with Gasteiger partial charge in [-0.3, -0.25) is 4.79 Å². The second-order valence-corrected chi connectivity index (χ2v) is 9.07. The van der Waals surface area contributed by atoms with Crippen molar-refractivity contribution < 1.29 is 24.0 Å². The van der Waals surface area contributed by atoms with E-state index in [1.807, 2.05) is 0 Å². The third-order valence-electron chi connectivity index (χ3n) is 7.03. The lowest BCUT2D eigenvalue weighted by Gasteiger charge is -2.28. The van der Waals surface area contributed by atoms with Gasteiger partial charge < -0.3 is 19.7 Å². The minimum atomic E-state index is -1.31. The topological polar surface area (TPSA) is 109 Å². The average molecular weight is 437 g/mol. The summed E-state index contributed by atoms with van der Waals surface area (Å²) in [6, 6.07) is 0. The van der Waals surface area contributed by atoms with Crippen LogP contribution in [-0.2, 0) is 19.0 Å². The number of carbonyl (C=O) groups excluding carboxylic acids is 2. The van der Waals surface area contributed by atoms with Crippen LogP contribution >= 0.6 is 0 Å². The number of carbonyl (C=O) groups is 2. The van der Waals surface area contributed by atoms with Crippen LogP contribution < -0.4 is 10.7 Å². The molecular weight excluding hydrogens is 409 g/mol. The standard InChI is InChI=1S/C23H28BN3O5/c1-2-31-22(29)16-5-3-4-15-10-19(24(30)32-21(15)16)26-27-20(28)12-23-8-6-14-7-9-25-13-17(14)18(23)11-23/h5-6,8,18,25,30H,2-4,7,9-13H2,1H3,(H,27,28)/b26-19+. The summed E-state index contributed by atoms with van der Waals surface area (Å²) in [5, 5.41) is 18.0. The van der Waals surface area contributed by atoms with E-state index >= 15 is 0 Å². The summed E-state index contributed by atoms with van der Waals surface area (Å²) in [5.74, 6) is 0.205. The van der Waals surface area contributed by atoms with Crippen LogP contribution in [0.25, 0.3) is 0 Å².